The fourth-order valence-electron chi connectivity index (χ4n) is 1.24. The van der Waals surface area contributed by atoms with Gasteiger partial charge in [-0.2, -0.15) is 0 Å². The predicted molar refractivity (Wildman–Crippen MR) is 53.2 cm³/mol. The van der Waals surface area contributed by atoms with Crippen LogP contribution in [0, 0.1) is 5.82 Å². The Labute approximate surface area is 83.3 Å². The molecule has 1 rings (SSSR count). The van der Waals surface area contributed by atoms with E-state index >= 15 is 0 Å². The van der Waals surface area contributed by atoms with Crippen LogP contribution in [0.2, 0.25) is 0 Å². The van der Waals surface area contributed by atoms with Crippen LogP contribution in [0.15, 0.2) is 24.3 Å². The van der Waals surface area contributed by atoms with Crippen molar-refractivity contribution in [3.63, 3.8) is 0 Å². The van der Waals surface area contributed by atoms with Gasteiger partial charge in [-0.25, -0.2) is 4.39 Å². The Morgan fingerprint density at radius 2 is 2.07 bits per heavy atom. The smallest absolute Gasteiger partial charge is 0.222 e. The van der Waals surface area contributed by atoms with Crippen LogP contribution in [0.4, 0.5) is 4.39 Å². The number of hydrogen-bond acceptors (Lipinski definition) is 1. The first-order valence-electron chi connectivity index (χ1n) is 4.62. The summed E-state index contributed by atoms with van der Waals surface area (Å²) >= 11 is 0. The number of benzene rings is 1. The van der Waals surface area contributed by atoms with Gasteiger partial charge in [-0.3, -0.25) is 4.79 Å². The van der Waals surface area contributed by atoms with Crippen LogP contribution in [-0.2, 0) is 11.3 Å². The number of nitrogens with zero attached hydrogens (tertiary/aromatic N) is 1. The third kappa shape index (κ3) is 2.55. The molecule has 0 unspecified atom stereocenters. The van der Waals surface area contributed by atoms with E-state index in [0.29, 0.717) is 18.5 Å². The SMILES string of the molecule is CCC(=O)N(C)Cc1ccccc1F. The summed E-state index contributed by atoms with van der Waals surface area (Å²) in [6.07, 6.45) is 0.449. The van der Waals surface area contributed by atoms with E-state index in [0.717, 1.165) is 0 Å². The maximum Gasteiger partial charge on any atom is 0.222 e. The van der Waals surface area contributed by atoms with Gasteiger partial charge in [0.05, 0.1) is 0 Å². The molecule has 0 saturated heterocycles. The minimum absolute atomic E-state index is 0.0215. The molecule has 0 bridgehead atoms. The first-order chi connectivity index (χ1) is 6.65. The van der Waals surface area contributed by atoms with E-state index in [4.69, 9.17) is 0 Å². The molecule has 0 fully saturated rings. The highest BCUT2D eigenvalue weighted by atomic mass is 19.1. The van der Waals surface area contributed by atoms with Gasteiger partial charge in [0.15, 0.2) is 0 Å². The third-order valence-corrected chi connectivity index (χ3v) is 2.09. The van der Waals surface area contributed by atoms with Gasteiger partial charge in [-0.05, 0) is 6.07 Å². The molecular formula is C11H14FNO. The number of hydrogen-bond donors (Lipinski definition) is 0. The van der Waals surface area contributed by atoms with Gasteiger partial charge in [-0.15, -0.1) is 0 Å². The van der Waals surface area contributed by atoms with Crippen molar-refractivity contribution < 1.29 is 9.18 Å². The van der Waals surface area contributed by atoms with Crippen molar-refractivity contribution in [3.05, 3.63) is 35.6 Å². The summed E-state index contributed by atoms with van der Waals surface area (Å²) in [5.41, 5.74) is 0.553. The van der Waals surface area contributed by atoms with Crippen molar-refractivity contribution >= 4 is 5.91 Å². The molecule has 1 amide bonds. The van der Waals surface area contributed by atoms with E-state index < -0.39 is 0 Å². The molecule has 0 aliphatic rings. The van der Waals surface area contributed by atoms with E-state index in [1.807, 2.05) is 0 Å². The molecule has 2 nitrogen and oxygen atoms in total. The van der Waals surface area contributed by atoms with Crippen molar-refractivity contribution in [1.82, 2.24) is 4.90 Å². The zero-order valence-electron chi connectivity index (χ0n) is 8.46. The van der Waals surface area contributed by atoms with Crippen LogP contribution in [0.1, 0.15) is 18.9 Å². The molecule has 14 heavy (non-hydrogen) atoms. The summed E-state index contributed by atoms with van der Waals surface area (Å²) < 4.78 is 13.2. The van der Waals surface area contributed by atoms with Crippen molar-refractivity contribution in [2.75, 3.05) is 7.05 Å². The Kier molecular flexibility index (Phi) is 3.63. The van der Waals surface area contributed by atoms with E-state index in [9.17, 15) is 9.18 Å². The average Bonchev–Trinajstić information content (AvgIpc) is 2.20. The summed E-state index contributed by atoms with van der Waals surface area (Å²) in [6.45, 7) is 2.12. The number of rotatable bonds is 3. The highest BCUT2D eigenvalue weighted by molar-refractivity contribution is 5.75. The maximum atomic E-state index is 13.2. The Balaban J connectivity index is 2.69. The monoisotopic (exact) mass is 195 g/mol. The van der Waals surface area contributed by atoms with E-state index in [2.05, 4.69) is 0 Å². The molecule has 0 aliphatic heterocycles. The lowest BCUT2D eigenvalue weighted by molar-refractivity contribution is -0.130. The van der Waals surface area contributed by atoms with Crippen molar-refractivity contribution in [3.8, 4) is 0 Å². The van der Waals surface area contributed by atoms with Crippen LogP contribution < -0.4 is 0 Å². The Hall–Kier alpha value is -1.38. The zero-order chi connectivity index (χ0) is 10.6. The van der Waals surface area contributed by atoms with Gasteiger partial charge < -0.3 is 4.90 Å². The first kappa shape index (κ1) is 10.7. The van der Waals surface area contributed by atoms with Crippen LogP contribution in [0.25, 0.3) is 0 Å². The molecule has 0 radical (unpaired) electrons. The molecule has 0 spiro atoms. The highest BCUT2D eigenvalue weighted by Crippen LogP contribution is 2.09. The van der Waals surface area contributed by atoms with Gasteiger partial charge >= 0.3 is 0 Å². The van der Waals surface area contributed by atoms with Crippen molar-refractivity contribution in [2.24, 2.45) is 0 Å². The fraction of sp³-hybridized carbons (Fsp3) is 0.364. The minimum Gasteiger partial charge on any atom is -0.341 e. The zero-order valence-corrected chi connectivity index (χ0v) is 8.46. The molecule has 76 valence electrons. The van der Waals surface area contributed by atoms with Gasteiger partial charge in [-0.1, -0.05) is 25.1 Å². The van der Waals surface area contributed by atoms with Crippen molar-refractivity contribution in [2.45, 2.75) is 19.9 Å². The third-order valence-electron chi connectivity index (χ3n) is 2.09. The van der Waals surface area contributed by atoms with Gasteiger partial charge in [0.2, 0.25) is 5.91 Å². The summed E-state index contributed by atoms with van der Waals surface area (Å²) in [6, 6.07) is 6.50. The average molecular weight is 195 g/mol. The summed E-state index contributed by atoms with van der Waals surface area (Å²) in [7, 11) is 1.68. The second kappa shape index (κ2) is 4.74. The lowest BCUT2D eigenvalue weighted by atomic mass is 10.2. The molecule has 1 aromatic rings. The fourth-order valence-corrected chi connectivity index (χ4v) is 1.24. The number of carbonyl (C=O) groups is 1. The quantitative estimate of drug-likeness (QED) is 0.724. The van der Waals surface area contributed by atoms with Crippen LogP contribution >= 0.6 is 0 Å². The molecule has 0 aromatic heterocycles. The lowest BCUT2D eigenvalue weighted by Crippen LogP contribution is -2.25. The van der Waals surface area contributed by atoms with E-state index in [1.54, 1.807) is 32.2 Å². The van der Waals surface area contributed by atoms with E-state index in [-0.39, 0.29) is 11.7 Å². The van der Waals surface area contributed by atoms with Crippen LogP contribution in [0.3, 0.4) is 0 Å². The summed E-state index contributed by atoms with van der Waals surface area (Å²) in [5, 5.41) is 0. The Morgan fingerprint density at radius 1 is 1.43 bits per heavy atom. The molecule has 3 heteroatoms. The van der Waals surface area contributed by atoms with Crippen LogP contribution in [0.5, 0.6) is 0 Å². The second-order valence-electron chi connectivity index (χ2n) is 3.19. The Morgan fingerprint density at radius 3 is 2.64 bits per heavy atom. The maximum absolute atomic E-state index is 13.2. The molecule has 1 aromatic carbocycles. The van der Waals surface area contributed by atoms with Crippen molar-refractivity contribution in [1.29, 1.82) is 0 Å². The molecule has 0 saturated carbocycles. The lowest BCUT2D eigenvalue weighted by Gasteiger charge is -2.16. The van der Waals surface area contributed by atoms with Gasteiger partial charge in [0.25, 0.3) is 0 Å². The predicted octanol–water partition coefficient (Wildman–Crippen LogP) is 2.19. The minimum atomic E-state index is -0.261. The highest BCUT2D eigenvalue weighted by Gasteiger charge is 2.08. The largest absolute Gasteiger partial charge is 0.341 e. The standard InChI is InChI=1S/C11H14FNO/c1-3-11(14)13(2)8-9-6-4-5-7-10(9)12/h4-7H,3,8H2,1-2H3. The number of amides is 1. The Bertz CT molecular complexity index is 325. The molecular weight excluding hydrogens is 181 g/mol. The molecule has 0 heterocycles. The van der Waals surface area contributed by atoms with Gasteiger partial charge in [0.1, 0.15) is 5.82 Å². The first-order valence-corrected chi connectivity index (χ1v) is 4.62. The molecule has 0 N–H and O–H groups in total. The summed E-state index contributed by atoms with van der Waals surface area (Å²) in [5.74, 6) is -0.239. The number of carbonyl (C=O) groups excluding carboxylic acids is 1. The number of halogens is 1. The normalized spacial score (nSPS) is 9.93. The van der Waals surface area contributed by atoms with Crippen LogP contribution in [-0.4, -0.2) is 17.9 Å². The summed E-state index contributed by atoms with van der Waals surface area (Å²) in [4.78, 5) is 12.8. The topological polar surface area (TPSA) is 20.3 Å². The second-order valence-corrected chi connectivity index (χ2v) is 3.19. The molecule has 0 aliphatic carbocycles. The molecule has 0 atom stereocenters. The van der Waals surface area contributed by atoms with E-state index in [1.165, 1.54) is 11.0 Å². The van der Waals surface area contributed by atoms with Gasteiger partial charge in [0, 0.05) is 25.6 Å².